The molecule has 1 saturated heterocycles. The van der Waals surface area contributed by atoms with Gasteiger partial charge in [-0.25, -0.2) is 9.97 Å². The summed E-state index contributed by atoms with van der Waals surface area (Å²) in [5.74, 6) is 3.49. The second kappa shape index (κ2) is 12.8. The minimum Gasteiger partial charge on any atom is -0.497 e. The number of thioether (sulfide) groups is 1. The molecule has 0 spiro atoms. The Morgan fingerprint density at radius 1 is 1.05 bits per heavy atom. The molecule has 0 saturated carbocycles. The molecule has 1 aliphatic rings. The van der Waals surface area contributed by atoms with Crippen molar-refractivity contribution in [1.29, 1.82) is 0 Å². The molecule has 0 atom stereocenters. The topological polar surface area (TPSA) is 93.0 Å². The predicted octanol–water partition coefficient (Wildman–Crippen LogP) is 4.23. The van der Waals surface area contributed by atoms with Crippen molar-refractivity contribution in [2.75, 3.05) is 56.7 Å². The molecule has 1 N–H and O–H groups in total. The number of benzene rings is 1. The van der Waals surface area contributed by atoms with Crippen molar-refractivity contribution in [1.82, 2.24) is 15.3 Å². The molecule has 0 unspecified atom stereocenters. The van der Waals surface area contributed by atoms with E-state index in [1.807, 2.05) is 24.3 Å². The Morgan fingerprint density at radius 2 is 1.78 bits per heavy atom. The van der Waals surface area contributed by atoms with Crippen molar-refractivity contribution in [3.8, 4) is 5.75 Å². The van der Waals surface area contributed by atoms with E-state index in [2.05, 4.69) is 46.1 Å². The van der Waals surface area contributed by atoms with E-state index in [4.69, 9.17) is 18.9 Å². The lowest BCUT2D eigenvalue weighted by atomic mass is 10.2. The van der Waals surface area contributed by atoms with Gasteiger partial charge in [-0.1, -0.05) is 25.6 Å². The average molecular weight is 526 g/mol. The molecule has 3 aromatic rings. The molecule has 4 rings (SSSR count). The van der Waals surface area contributed by atoms with Gasteiger partial charge in [-0.3, -0.25) is 4.79 Å². The fourth-order valence-electron chi connectivity index (χ4n) is 3.99. The van der Waals surface area contributed by atoms with Crippen LogP contribution in [0.1, 0.15) is 35.9 Å². The molecule has 0 radical (unpaired) electrons. The number of piperazine rings is 1. The molecular weight excluding hydrogens is 490 g/mol. The number of nitrogens with one attached hydrogen (secondary N) is 1. The molecule has 1 amide bonds. The summed E-state index contributed by atoms with van der Waals surface area (Å²) in [4.78, 5) is 26.4. The van der Waals surface area contributed by atoms with E-state index in [9.17, 15) is 4.79 Å². The molecule has 1 aliphatic heterocycles. The first-order valence-corrected chi connectivity index (χ1v) is 13.4. The molecule has 2 aromatic heterocycles. The lowest BCUT2D eigenvalue weighted by molar-refractivity contribution is 0.0920. The highest BCUT2D eigenvalue weighted by atomic mass is 32.2. The van der Waals surface area contributed by atoms with Crippen LogP contribution in [0.15, 0.2) is 52.0 Å². The van der Waals surface area contributed by atoms with Gasteiger partial charge in [0, 0.05) is 51.6 Å². The SMILES string of the molecule is COCc1cc(N2CCN(c3ccc(OC)cc3)CC2)nc(SCc2ccc(C(=O)NCC(C)C)o2)n1. The van der Waals surface area contributed by atoms with Gasteiger partial charge in [0.25, 0.3) is 5.91 Å². The summed E-state index contributed by atoms with van der Waals surface area (Å²) in [5, 5.41) is 3.53. The first-order chi connectivity index (χ1) is 17.9. The number of rotatable bonds is 11. The van der Waals surface area contributed by atoms with E-state index in [1.165, 1.54) is 17.4 Å². The Labute approximate surface area is 222 Å². The highest BCUT2D eigenvalue weighted by Gasteiger charge is 2.20. The Morgan fingerprint density at radius 3 is 2.46 bits per heavy atom. The van der Waals surface area contributed by atoms with Gasteiger partial charge < -0.3 is 29.0 Å². The number of hydrogen-bond acceptors (Lipinski definition) is 9. The summed E-state index contributed by atoms with van der Waals surface area (Å²) in [6.07, 6.45) is 0. The Bertz CT molecular complexity index is 1160. The number of furan rings is 1. The maximum Gasteiger partial charge on any atom is 0.287 e. The van der Waals surface area contributed by atoms with Gasteiger partial charge in [0.2, 0.25) is 0 Å². The fraction of sp³-hybridized carbons (Fsp3) is 0.444. The van der Waals surface area contributed by atoms with Crippen LogP contribution in [0.2, 0.25) is 0 Å². The molecule has 10 heteroatoms. The Hall–Kier alpha value is -3.24. The van der Waals surface area contributed by atoms with E-state index >= 15 is 0 Å². The van der Waals surface area contributed by atoms with Crippen LogP contribution in [-0.4, -0.2) is 62.8 Å². The Balaban J connectivity index is 1.38. The van der Waals surface area contributed by atoms with E-state index in [0.717, 1.165) is 43.4 Å². The van der Waals surface area contributed by atoms with Crippen LogP contribution in [-0.2, 0) is 17.1 Å². The van der Waals surface area contributed by atoms with Crippen LogP contribution >= 0.6 is 11.8 Å². The second-order valence-corrected chi connectivity index (χ2v) is 10.2. The van der Waals surface area contributed by atoms with Gasteiger partial charge in [0.1, 0.15) is 17.3 Å². The molecule has 37 heavy (non-hydrogen) atoms. The molecule has 9 nitrogen and oxygen atoms in total. The standard InChI is InChI=1S/C27H35N5O4S/c1-19(2)16-28-26(33)24-10-9-23(36-24)18-37-27-29-20(17-34-3)15-25(30-27)32-13-11-31(12-14-32)21-5-7-22(35-4)8-6-21/h5-10,15,19H,11-14,16-18H2,1-4H3,(H,28,33). The van der Waals surface area contributed by atoms with Crippen molar-refractivity contribution in [3.63, 3.8) is 0 Å². The zero-order chi connectivity index (χ0) is 26.2. The molecule has 3 heterocycles. The monoisotopic (exact) mass is 525 g/mol. The number of carbonyl (C=O) groups excluding carboxylic acids is 1. The number of anilines is 2. The van der Waals surface area contributed by atoms with Crippen molar-refractivity contribution >= 4 is 29.2 Å². The highest BCUT2D eigenvalue weighted by molar-refractivity contribution is 7.98. The van der Waals surface area contributed by atoms with Crippen LogP contribution in [0, 0.1) is 5.92 Å². The van der Waals surface area contributed by atoms with Gasteiger partial charge in [-0.2, -0.15) is 0 Å². The van der Waals surface area contributed by atoms with E-state index < -0.39 is 0 Å². The van der Waals surface area contributed by atoms with Crippen LogP contribution in [0.3, 0.4) is 0 Å². The molecule has 0 aliphatic carbocycles. The summed E-state index contributed by atoms with van der Waals surface area (Å²) in [7, 11) is 3.34. The molecule has 198 valence electrons. The predicted molar refractivity (Wildman–Crippen MR) is 146 cm³/mol. The molecule has 1 aromatic carbocycles. The van der Waals surface area contributed by atoms with Crippen molar-refractivity contribution < 1.29 is 18.7 Å². The van der Waals surface area contributed by atoms with E-state index in [-0.39, 0.29) is 5.91 Å². The number of ether oxygens (including phenoxy) is 2. The van der Waals surface area contributed by atoms with E-state index in [1.54, 1.807) is 20.3 Å². The van der Waals surface area contributed by atoms with Crippen molar-refractivity contribution in [2.45, 2.75) is 31.4 Å². The lowest BCUT2D eigenvalue weighted by Crippen LogP contribution is -2.46. The fourth-order valence-corrected chi connectivity index (χ4v) is 4.76. The van der Waals surface area contributed by atoms with Crippen LogP contribution in [0.4, 0.5) is 11.5 Å². The summed E-state index contributed by atoms with van der Waals surface area (Å²) in [5.41, 5.74) is 2.02. The minimum atomic E-state index is -0.195. The molecular formula is C27H35N5O4S. The van der Waals surface area contributed by atoms with Crippen LogP contribution in [0.5, 0.6) is 5.75 Å². The van der Waals surface area contributed by atoms with Crippen molar-refractivity contribution in [2.24, 2.45) is 5.92 Å². The maximum absolute atomic E-state index is 12.3. The van der Waals surface area contributed by atoms with Gasteiger partial charge in [0.15, 0.2) is 10.9 Å². The Kier molecular flexibility index (Phi) is 9.29. The van der Waals surface area contributed by atoms with Gasteiger partial charge in [0.05, 0.1) is 25.2 Å². The third-order valence-electron chi connectivity index (χ3n) is 5.98. The number of amides is 1. The largest absolute Gasteiger partial charge is 0.497 e. The number of methoxy groups -OCH3 is 2. The minimum absolute atomic E-state index is 0.195. The number of carbonyl (C=O) groups is 1. The van der Waals surface area contributed by atoms with Crippen molar-refractivity contribution in [3.05, 3.63) is 59.7 Å². The zero-order valence-corrected chi connectivity index (χ0v) is 22.7. The smallest absolute Gasteiger partial charge is 0.287 e. The number of hydrogen-bond donors (Lipinski definition) is 1. The number of nitrogens with zero attached hydrogens (tertiary/aromatic N) is 4. The molecule has 0 bridgehead atoms. The van der Waals surface area contributed by atoms with Gasteiger partial charge in [-0.05, 0) is 42.3 Å². The highest BCUT2D eigenvalue weighted by Crippen LogP contribution is 2.26. The first-order valence-electron chi connectivity index (χ1n) is 12.5. The lowest BCUT2D eigenvalue weighted by Gasteiger charge is -2.37. The van der Waals surface area contributed by atoms with Gasteiger partial charge in [-0.15, -0.1) is 0 Å². The normalized spacial score (nSPS) is 13.8. The zero-order valence-electron chi connectivity index (χ0n) is 21.9. The summed E-state index contributed by atoms with van der Waals surface area (Å²) in [6, 6.07) is 13.7. The second-order valence-electron chi connectivity index (χ2n) is 9.26. The third-order valence-corrected chi connectivity index (χ3v) is 6.85. The average Bonchev–Trinajstić information content (AvgIpc) is 3.40. The first kappa shape index (κ1) is 26.8. The van der Waals surface area contributed by atoms with Gasteiger partial charge >= 0.3 is 0 Å². The maximum atomic E-state index is 12.3. The summed E-state index contributed by atoms with van der Waals surface area (Å²) < 4.78 is 16.4. The number of aromatic nitrogens is 2. The molecule has 1 fully saturated rings. The summed E-state index contributed by atoms with van der Waals surface area (Å²) >= 11 is 1.48. The van der Waals surface area contributed by atoms with E-state index in [0.29, 0.717) is 41.5 Å². The summed E-state index contributed by atoms with van der Waals surface area (Å²) in [6.45, 7) is 8.63. The van der Waals surface area contributed by atoms with Crippen LogP contribution in [0.25, 0.3) is 0 Å². The quantitative estimate of drug-likeness (QED) is 0.292. The van der Waals surface area contributed by atoms with Crippen LogP contribution < -0.4 is 19.9 Å². The third kappa shape index (κ3) is 7.39.